The van der Waals surface area contributed by atoms with Crippen LogP contribution in [0.25, 0.3) is 11.3 Å². The minimum atomic E-state index is -5.33. The van der Waals surface area contributed by atoms with Gasteiger partial charge in [-0.3, -0.25) is 9.78 Å². The summed E-state index contributed by atoms with van der Waals surface area (Å²) >= 11 is 0. The molecule has 5 N–H and O–H groups in total. The molecule has 0 aliphatic rings. The molecular weight excluding hydrogens is 425 g/mol. The summed E-state index contributed by atoms with van der Waals surface area (Å²) in [7, 11) is 0. The Bertz CT molecular complexity index is 1250. The van der Waals surface area contributed by atoms with E-state index in [2.05, 4.69) is 31.8 Å². The first kappa shape index (κ1) is 22.6. The Morgan fingerprint density at radius 1 is 1.06 bits per heavy atom. The smallest absolute Gasteiger partial charge is 0.381 e. The SMILES string of the molecule is Cc1cnc(C#Cc2nc(-c3cc(C(O)(C(N)=O)C(F)(F)F)ccc3C)cnc2N)cn1. The first-order valence-electron chi connectivity index (χ1n) is 9.07. The van der Waals surface area contributed by atoms with Crippen LogP contribution in [0.1, 0.15) is 28.2 Å². The lowest BCUT2D eigenvalue weighted by molar-refractivity contribution is -0.255. The molecule has 1 amide bonds. The molecule has 0 radical (unpaired) electrons. The van der Waals surface area contributed by atoms with Gasteiger partial charge in [0, 0.05) is 17.3 Å². The second-order valence-electron chi connectivity index (χ2n) is 6.88. The zero-order valence-electron chi connectivity index (χ0n) is 16.9. The van der Waals surface area contributed by atoms with Crippen molar-refractivity contribution in [2.24, 2.45) is 5.73 Å². The normalized spacial score (nSPS) is 13.1. The lowest BCUT2D eigenvalue weighted by atomic mass is 9.89. The highest BCUT2D eigenvalue weighted by molar-refractivity contribution is 5.86. The van der Waals surface area contributed by atoms with Crippen LogP contribution >= 0.6 is 0 Å². The number of carbonyl (C=O) groups excluding carboxylic acids is 1. The van der Waals surface area contributed by atoms with Crippen molar-refractivity contribution in [3.63, 3.8) is 0 Å². The summed E-state index contributed by atoms with van der Waals surface area (Å²) in [5.74, 6) is 3.50. The summed E-state index contributed by atoms with van der Waals surface area (Å²) in [5, 5.41) is 10.1. The lowest BCUT2D eigenvalue weighted by Gasteiger charge is -2.28. The van der Waals surface area contributed by atoms with E-state index in [-0.39, 0.29) is 22.8 Å². The van der Waals surface area contributed by atoms with E-state index in [1.165, 1.54) is 24.7 Å². The van der Waals surface area contributed by atoms with Crippen LogP contribution in [0.15, 0.2) is 36.8 Å². The van der Waals surface area contributed by atoms with Gasteiger partial charge in [0.15, 0.2) is 11.5 Å². The number of aliphatic hydroxyl groups is 1. The molecule has 11 heteroatoms. The fraction of sp³-hybridized carbons (Fsp3) is 0.190. The Kier molecular flexibility index (Phi) is 5.83. The minimum Gasteiger partial charge on any atom is -0.381 e. The maximum Gasteiger partial charge on any atom is 0.430 e. The predicted molar refractivity (Wildman–Crippen MR) is 109 cm³/mol. The van der Waals surface area contributed by atoms with Crippen molar-refractivity contribution in [2.75, 3.05) is 5.73 Å². The quantitative estimate of drug-likeness (QED) is 0.525. The monoisotopic (exact) mass is 442 g/mol. The van der Waals surface area contributed by atoms with Crippen molar-refractivity contribution >= 4 is 11.7 Å². The number of hydrogen-bond acceptors (Lipinski definition) is 7. The van der Waals surface area contributed by atoms with E-state index in [9.17, 15) is 23.1 Å². The Morgan fingerprint density at radius 2 is 1.78 bits per heavy atom. The lowest BCUT2D eigenvalue weighted by Crippen LogP contribution is -2.52. The van der Waals surface area contributed by atoms with Crippen LogP contribution in [0.4, 0.5) is 19.0 Å². The third kappa shape index (κ3) is 4.21. The van der Waals surface area contributed by atoms with Gasteiger partial charge < -0.3 is 16.6 Å². The maximum absolute atomic E-state index is 13.5. The van der Waals surface area contributed by atoms with Gasteiger partial charge in [0.05, 0.1) is 23.8 Å². The maximum atomic E-state index is 13.5. The highest BCUT2D eigenvalue weighted by atomic mass is 19.4. The molecule has 3 rings (SSSR count). The number of aromatic nitrogens is 4. The molecule has 2 heterocycles. The largest absolute Gasteiger partial charge is 0.430 e. The highest BCUT2D eigenvalue weighted by Gasteiger charge is 2.60. The molecule has 0 fully saturated rings. The average Bonchev–Trinajstić information content (AvgIpc) is 2.73. The summed E-state index contributed by atoms with van der Waals surface area (Å²) < 4.78 is 40.4. The van der Waals surface area contributed by atoms with Gasteiger partial charge >= 0.3 is 6.18 Å². The van der Waals surface area contributed by atoms with E-state index < -0.39 is 23.2 Å². The van der Waals surface area contributed by atoms with Gasteiger partial charge in [0.1, 0.15) is 5.69 Å². The third-order valence-electron chi connectivity index (χ3n) is 4.59. The van der Waals surface area contributed by atoms with Gasteiger partial charge in [-0.05, 0) is 37.3 Å². The van der Waals surface area contributed by atoms with Crippen LogP contribution < -0.4 is 11.5 Å². The van der Waals surface area contributed by atoms with Crippen LogP contribution in [0, 0.1) is 25.7 Å². The van der Waals surface area contributed by atoms with E-state index in [1.807, 2.05) is 0 Å². The molecule has 0 saturated heterocycles. The summed E-state index contributed by atoms with van der Waals surface area (Å²) in [5.41, 5.74) is 8.03. The number of carbonyl (C=O) groups is 1. The van der Waals surface area contributed by atoms with Crippen molar-refractivity contribution in [1.29, 1.82) is 0 Å². The van der Waals surface area contributed by atoms with E-state index in [4.69, 9.17) is 11.5 Å². The number of aryl methyl sites for hydroxylation is 2. The van der Waals surface area contributed by atoms with E-state index in [1.54, 1.807) is 13.8 Å². The zero-order valence-corrected chi connectivity index (χ0v) is 16.9. The van der Waals surface area contributed by atoms with Crippen molar-refractivity contribution in [3.05, 3.63) is 65.0 Å². The molecular formula is C21H17F3N6O2. The van der Waals surface area contributed by atoms with E-state index in [0.29, 0.717) is 17.0 Å². The number of halogens is 3. The third-order valence-corrected chi connectivity index (χ3v) is 4.59. The van der Waals surface area contributed by atoms with Gasteiger partial charge in [0.25, 0.3) is 11.5 Å². The molecule has 164 valence electrons. The van der Waals surface area contributed by atoms with Gasteiger partial charge in [-0.2, -0.15) is 13.2 Å². The molecule has 3 aromatic rings. The Labute approximate surface area is 180 Å². The van der Waals surface area contributed by atoms with Crippen LogP contribution in [-0.4, -0.2) is 37.1 Å². The Hall–Kier alpha value is -4.04. The molecule has 1 aromatic carbocycles. The predicted octanol–water partition coefficient (Wildman–Crippen LogP) is 1.77. The summed E-state index contributed by atoms with van der Waals surface area (Å²) in [4.78, 5) is 28.0. The van der Waals surface area contributed by atoms with Gasteiger partial charge in [-0.15, -0.1) is 0 Å². The van der Waals surface area contributed by atoms with Crippen LogP contribution in [0.5, 0.6) is 0 Å². The fourth-order valence-corrected chi connectivity index (χ4v) is 2.77. The van der Waals surface area contributed by atoms with E-state index in [0.717, 1.165) is 12.1 Å². The molecule has 0 bridgehead atoms. The molecule has 1 atom stereocenters. The standard InChI is InChI=1S/C21H17F3N6O2/c1-11-3-4-13(20(32,19(26)31)21(22,23)24)7-15(11)17-10-29-18(25)16(30-17)6-5-14-9-27-12(2)8-28-14/h3-4,7-10,32H,1-2H3,(H2,25,29)(H2,26,31). The molecule has 0 saturated carbocycles. The zero-order chi connectivity index (χ0) is 23.7. The number of rotatable bonds is 3. The van der Waals surface area contributed by atoms with Crippen LogP contribution in [0.2, 0.25) is 0 Å². The molecule has 32 heavy (non-hydrogen) atoms. The van der Waals surface area contributed by atoms with Gasteiger partial charge in [0.2, 0.25) is 0 Å². The number of alkyl halides is 3. The van der Waals surface area contributed by atoms with Crippen molar-refractivity contribution in [2.45, 2.75) is 25.6 Å². The number of amides is 1. The van der Waals surface area contributed by atoms with E-state index >= 15 is 0 Å². The van der Waals surface area contributed by atoms with Crippen LogP contribution in [-0.2, 0) is 10.4 Å². The number of nitrogen functional groups attached to an aromatic ring is 1. The van der Waals surface area contributed by atoms with Crippen molar-refractivity contribution < 1.29 is 23.1 Å². The molecule has 0 aliphatic carbocycles. The number of anilines is 1. The fourth-order valence-electron chi connectivity index (χ4n) is 2.77. The Morgan fingerprint density at radius 3 is 2.38 bits per heavy atom. The van der Waals surface area contributed by atoms with Crippen LogP contribution in [0.3, 0.4) is 0 Å². The van der Waals surface area contributed by atoms with Crippen molar-refractivity contribution in [3.8, 4) is 23.1 Å². The van der Waals surface area contributed by atoms with Gasteiger partial charge in [-0.1, -0.05) is 12.1 Å². The topological polar surface area (TPSA) is 141 Å². The first-order chi connectivity index (χ1) is 14.9. The Balaban J connectivity index is 2.09. The molecule has 0 aliphatic heterocycles. The van der Waals surface area contributed by atoms with Crippen molar-refractivity contribution in [1.82, 2.24) is 19.9 Å². The summed E-state index contributed by atoms with van der Waals surface area (Å²) in [6, 6.07) is 3.25. The second kappa shape index (κ2) is 8.24. The molecule has 0 spiro atoms. The minimum absolute atomic E-state index is 0.000869. The number of hydrogen-bond donors (Lipinski definition) is 3. The number of nitrogens with two attached hydrogens (primary N) is 2. The first-order valence-corrected chi connectivity index (χ1v) is 9.07. The highest BCUT2D eigenvalue weighted by Crippen LogP contribution is 2.40. The number of nitrogens with zero attached hydrogens (tertiary/aromatic N) is 4. The molecule has 2 aromatic heterocycles. The second-order valence-corrected chi connectivity index (χ2v) is 6.88. The molecule has 1 unspecified atom stereocenters. The number of benzene rings is 1. The summed E-state index contributed by atoms with van der Waals surface area (Å²) in [6.45, 7) is 3.38. The summed E-state index contributed by atoms with van der Waals surface area (Å²) in [6.07, 6.45) is -1.09. The average molecular weight is 442 g/mol. The van der Waals surface area contributed by atoms with Gasteiger partial charge in [-0.25, -0.2) is 15.0 Å². The number of primary amides is 1. The molecule has 8 nitrogen and oxygen atoms in total.